The van der Waals surface area contributed by atoms with E-state index in [2.05, 4.69) is 14.6 Å². The first-order chi connectivity index (χ1) is 15.6. The molecule has 2 aromatic rings. The molecule has 1 saturated heterocycles. The number of anilines is 1. The largest absolute Gasteiger partial charge is 0.493 e. The number of nitrogens with zero attached hydrogens (tertiary/aromatic N) is 2. The third kappa shape index (κ3) is 6.15. The van der Waals surface area contributed by atoms with Gasteiger partial charge in [0.1, 0.15) is 5.00 Å². The van der Waals surface area contributed by atoms with Gasteiger partial charge in [0.05, 0.1) is 35.7 Å². The molecule has 1 aliphatic heterocycles. The molecule has 11 heteroatoms. The molecule has 0 bridgehead atoms. The number of aryl methyl sites for hydroxylation is 1. The van der Waals surface area contributed by atoms with Crippen LogP contribution in [0.15, 0.2) is 29.3 Å². The molecule has 0 saturated carbocycles. The molecule has 33 heavy (non-hydrogen) atoms. The highest BCUT2D eigenvalue weighted by Gasteiger charge is 2.28. The summed E-state index contributed by atoms with van der Waals surface area (Å²) in [5.41, 5.74) is -0.782. The first-order valence-corrected chi connectivity index (χ1v) is 13.0. The number of piperidine rings is 1. The Kier molecular flexibility index (Phi) is 7.86. The zero-order chi connectivity index (χ0) is 24.2. The van der Waals surface area contributed by atoms with E-state index in [0.29, 0.717) is 50.3 Å². The van der Waals surface area contributed by atoms with E-state index < -0.39 is 21.4 Å². The third-order valence-corrected chi connectivity index (χ3v) is 8.51. The van der Waals surface area contributed by atoms with Crippen LogP contribution < -0.4 is 19.1 Å². The summed E-state index contributed by atoms with van der Waals surface area (Å²) in [5.74, 6) is 0.0278. The molecule has 0 atom stereocenters. The lowest BCUT2D eigenvalue weighted by atomic mass is 9.88. The van der Waals surface area contributed by atoms with E-state index in [1.807, 2.05) is 6.20 Å². The highest BCUT2D eigenvalue weighted by Crippen LogP contribution is 2.31. The Morgan fingerprint density at radius 1 is 1.24 bits per heavy atom. The van der Waals surface area contributed by atoms with Crippen molar-refractivity contribution in [3.63, 3.8) is 0 Å². The summed E-state index contributed by atoms with van der Waals surface area (Å²) in [5, 5.41) is 11.2. The number of aromatic nitrogens is 1. The highest BCUT2D eigenvalue weighted by atomic mass is 32.2. The Bertz CT molecular complexity index is 1080. The molecule has 0 aliphatic carbocycles. The van der Waals surface area contributed by atoms with Gasteiger partial charge in [-0.2, -0.15) is 0 Å². The van der Waals surface area contributed by atoms with Crippen molar-refractivity contribution >= 4 is 32.3 Å². The van der Waals surface area contributed by atoms with E-state index in [0.717, 1.165) is 10.0 Å². The van der Waals surface area contributed by atoms with Crippen LogP contribution in [-0.4, -0.2) is 57.8 Å². The lowest BCUT2D eigenvalue weighted by molar-refractivity contribution is -0.147. The average Bonchev–Trinajstić information content (AvgIpc) is 3.26. The molecule has 1 aromatic carbocycles. The van der Waals surface area contributed by atoms with Crippen molar-refractivity contribution in [2.24, 2.45) is 5.41 Å². The number of rotatable bonds is 10. The van der Waals surface area contributed by atoms with Crippen LogP contribution in [0.4, 0.5) is 5.00 Å². The summed E-state index contributed by atoms with van der Waals surface area (Å²) in [4.78, 5) is 18.1. The van der Waals surface area contributed by atoms with Crippen LogP contribution in [-0.2, 0) is 21.2 Å². The molecule has 1 fully saturated rings. The van der Waals surface area contributed by atoms with Crippen LogP contribution >= 0.6 is 11.3 Å². The number of carboxylic acid groups (broad SMARTS) is 1. The van der Waals surface area contributed by atoms with Gasteiger partial charge in [-0.1, -0.05) is 0 Å². The molecule has 0 spiro atoms. The summed E-state index contributed by atoms with van der Waals surface area (Å²) in [6.45, 7) is 4.86. The van der Waals surface area contributed by atoms with E-state index in [4.69, 9.17) is 9.47 Å². The van der Waals surface area contributed by atoms with Gasteiger partial charge >= 0.3 is 5.97 Å². The number of thiazole rings is 1. The van der Waals surface area contributed by atoms with Gasteiger partial charge in [0.25, 0.3) is 0 Å². The predicted octanol–water partition coefficient (Wildman–Crippen LogP) is 3.15. The number of nitrogens with one attached hydrogen (secondary N) is 1. The fraction of sp³-hybridized carbons (Fsp3) is 0.545. The molecule has 2 heterocycles. The number of aliphatic carboxylic acids is 1. The van der Waals surface area contributed by atoms with Crippen molar-refractivity contribution in [2.75, 3.05) is 32.2 Å². The van der Waals surface area contributed by atoms with Gasteiger partial charge in [-0.25, -0.2) is 18.1 Å². The number of carbonyl (C=O) groups is 1. The van der Waals surface area contributed by atoms with Gasteiger partial charge in [0.2, 0.25) is 10.0 Å². The predicted molar refractivity (Wildman–Crippen MR) is 127 cm³/mol. The van der Waals surface area contributed by atoms with Crippen LogP contribution in [0.1, 0.15) is 38.1 Å². The normalized spacial score (nSPS) is 15.5. The topological polar surface area (TPSA) is 118 Å². The fourth-order valence-electron chi connectivity index (χ4n) is 3.58. The Balaban J connectivity index is 1.56. The van der Waals surface area contributed by atoms with E-state index >= 15 is 0 Å². The summed E-state index contributed by atoms with van der Waals surface area (Å²) in [6.07, 6.45) is 4.31. The van der Waals surface area contributed by atoms with Gasteiger partial charge in [-0.15, -0.1) is 11.3 Å². The molecule has 0 radical (unpaired) electrons. The van der Waals surface area contributed by atoms with Crippen molar-refractivity contribution in [3.8, 4) is 11.5 Å². The van der Waals surface area contributed by atoms with E-state index in [1.54, 1.807) is 31.3 Å². The molecule has 2 N–H and O–H groups in total. The van der Waals surface area contributed by atoms with E-state index in [9.17, 15) is 18.3 Å². The maximum atomic E-state index is 12.9. The molecular formula is C22H31N3O6S2. The molecule has 3 rings (SSSR count). The molecule has 0 unspecified atom stereocenters. The zero-order valence-electron chi connectivity index (χ0n) is 19.3. The second-order valence-electron chi connectivity index (χ2n) is 8.68. The molecule has 9 nitrogen and oxygen atoms in total. The fourth-order valence-corrected chi connectivity index (χ4v) is 5.87. The maximum absolute atomic E-state index is 12.9. The quantitative estimate of drug-likeness (QED) is 0.514. The first kappa shape index (κ1) is 25.3. The maximum Gasteiger partial charge on any atom is 0.309 e. The number of sulfonamides is 1. The Labute approximate surface area is 198 Å². The minimum Gasteiger partial charge on any atom is -0.493 e. The van der Waals surface area contributed by atoms with Crippen LogP contribution in [0, 0.1) is 5.41 Å². The standard InChI is InChI=1S/C22H31N3O6S2/c1-22(2,21(26)27)10-7-19-23-14-20(32-19)25-11-8-15(9-12-25)24-33(28,29)16-5-6-17(30-3)18(13-16)31-4/h5-6,13-15,24H,7-12H2,1-4H3,(H,26,27). The number of hydrogen-bond acceptors (Lipinski definition) is 8. The lowest BCUT2D eigenvalue weighted by Gasteiger charge is -2.32. The number of hydrogen-bond donors (Lipinski definition) is 2. The minimum atomic E-state index is -3.69. The minimum absolute atomic E-state index is 0.138. The molecule has 182 valence electrons. The first-order valence-electron chi connectivity index (χ1n) is 10.7. The van der Waals surface area contributed by atoms with E-state index in [-0.39, 0.29) is 10.9 Å². The summed E-state index contributed by atoms with van der Waals surface area (Å²) >= 11 is 1.57. The Hall–Kier alpha value is -2.37. The van der Waals surface area contributed by atoms with Crippen LogP contribution in [0.5, 0.6) is 11.5 Å². The lowest BCUT2D eigenvalue weighted by Crippen LogP contribution is -2.44. The average molecular weight is 498 g/mol. The molecular weight excluding hydrogens is 466 g/mol. The monoisotopic (exact) mass is 497 g/mol. The van der Waals surface area contributed by atoms with Gasteiger partial charge in [-0.3, -0.25) is 4.79 Å². The number of benzene rings is 1. The summed E-state index contributed by atoms with van der Waals surface area (Å²) < 4.78 is 38.9. The second kappa shape index (κ2) is 10.3. The van der Waals surface area contributed by atoms with Gasteiger partial charge < -0.3 is 19.5 Å². The summed E-state index contributed by atoms with van der Waals surface area (Å²) in [6, 6.07) is 4.38. The Morgan fingerprint density at radius 3 is 2.52 bits per heavy atom. The van der Waals surface area contributed by atoms with Crippen LogP contribution in [0.3, 0.4) is 0 Å². The van der Waals surface area contributed by atoms with Crippen LogP contribution in [0.2, 0.25) is 0 Å². The molecule has 0 amide bonds. The SMILES string of the molecule is COc1ccc(S(=O)(=O)NC2CCN(c3cnc(CCC(C)(C)C(=O)O)s3)CC2)cc1OC. The zero-order valence-corrected chi connectivity index (χ0v) is 21.0. The van der Waals surface area contributed by atoms with Crippen molar-refractivity contribution in [1.29, 1.82) is 0 Å². The van der Waals surface area contributed by atoms with Crippen molar-refractivity contribution < 1.29 is 27.8 Å². The smallest absolute Gasteiger partial charge is 0.309 e. The Morgan fingerprint density at radius 2 is 1.91 bits per heavy atom. The number of ether oxygens (including phenoxy) is 2. The van der Waals surface area contributed by atoms with Crippen molar-refractivity contribution in [3.05, 3.63) is 29.4 Å². The van der Waals surface area contributed by atoms with Gasteiger partial charge in [0.15, 0.2) is 11.5 Å². The molecule has 1 aliphatic rings. The number of methoxy groups -OCH3 is 2. The number of carboxylic acids is 1. The third-order valence-electron chi connectivity index (χ3n) is 5.88. The van der Waals surface area contributed by atoms with Crippen molar-refractivity contribution in [1.82, 2.24) is 9.71 Å². The van der Waals surface area contributed by atoms with Crippen molar-refractivity contribution in [2.45, 2.75) is 50.5 Å². The van der Waals surface area contributed by atoms with E-state index in [1.165, 1.54) is 26.4 Å². The van der Waals surface area contributed by atoms with Gasteiger partial charge in [-0.05, 0) is 45.2 Å². The molecule has 1 aromatic heterocycles. The second-order valence-corrected chi connectivity index (χ2v) is 11.5. The van der Waals surface area contributed by atoms with Gasteiger partial charge in [0, 0.05) is 31.6 Å². The highest BCUT2D eigenvalue weighted by molar-refractivity contribution is 7.89. The van der Waals surface area contributed by atoms with Crippen LogP contribution in [0.25, 0.3) is 0 Å². The summed E-state index contributed by atoms with van der Waals surface area (Å²) in [7, 11) is -0.717.